The zero-order chi connectivity index (χ0) is 21.9. The first-order valence-electron chi connectivity index (χ1n) is 9.13. The van der Waals surface area contributed by atoms with Crippen molar-refractivity contribution in [2.24, 2.45) is 5.92 Å². The molecule has 0 radical (unpaired) electrons. The van der Waals surface area contributed by atoms with Crippen LogP contribution in [0.3, 0.4) is 0 Å². The second-order valence-electron chi connectivity index (χ2n) is 7.22. The van der Waals surface area contributed by atoms with E-state index in [0.717, 1.165) is 16.5 Å². The molecule has 7 nitrogen and oxygen atoms in total. The number of benzene rings is 1. The number of nitro benzene ring substituents is 1. The molecule has 0 aliphatic rings. The molecule has 29 heavy (non-hydrogen) atoms. The van der Waals surface area contributed by atoms with E-state index in [1.54, 1.807) is 11.3 Å². The Morgan fingerprint density at radius 3 is 2.28 bits per heavy atom. The molecule has 0 spiro atoms. The van der Waals surface area contributed by atoms with Gasteiger partial charge in [-0.15, -0.1) is 11.3 Å². The van der Waals surface area contributed by atoms with Crippen LogP contribution in [0.5, 0.6) is 0 Å². The van der Waals surface area contributed by atoms with Crippen LogP contribution in [0.4, 0.5) is 5.69 Å². The minimum absolute atomic E-state index is 0.0441. The zero-order valence-electron chi connectivity index (χ0n) is 16.9. The smallest absolute Gasteiger partial charge is 0.270 e. The monoisotopic (exact) mass is 437 g/mol. The Balaban J connectivity index is 2.15. The minimum Gasteiger partial charge on any atom is -0.348 e. The molecule has 1 heterocycles. The van der Waals surface area contributed by atoms with Crippen LogP contribution in [-0.2, 0) is 4.79 Å². The molecule has 2 amide bonds. The topological polar surface area (TPSA) is 101 Å². The second-order valence-corrected chi connectivity index (χ2v) is 9.08. The number of non-ortho nitro benzene ring substituents is 1. The minimum atomic E-state index is -0.781. The van der Waals surface area contributed by atoms with Gasteiger partial charge in [0.25, 0.3) is 11.6 Å². The maximum absolute atomic E-state index is 12.8. The number of nitrogens with one attached hydrogen (secondary N) is 2. The summed E-state index contributed by atoms with van der Waals surface area (Å²) in [5, 5.41) is 16.4. The van der Waals surface area contributed by atoms with Crippen molar-refractivity contribution in [1.29, 1.82) is 0 Å². The van der Waals surface area contributed by atoms with Crippen molar-refractivity contribution in [3.05, 3.63) is 60.3 Å². The molecule has 1 aromatic carbocycles. The quantitative estimate of drug-likeness (QED) is 0.489. The van der Waals surface area contributed by atoms with Crippen molar-refractivity contribution in [2.75, 3.05) is 0 Å². The van der Waals surface area contributed by atoms with Crippen molar-refractivity contribution in [2.45, 2.75) is 46.7 Å². The summed E-state index contributed by atoms with van der Waals surface area (Å²) < 4.78 is 0. The molecule has 0 bridgehead atoms. The fourth-order valence-electron chi connectivity index (χ4n) is 3.02. The lowest BCUT2D eigenvalue weighted by Crippen LogP contribution is -2.50. The van der Waals surface area contributed by atoms with E-state index >= 15 is 0 Å². The number of hydrogen-bond donors (Lipinski definition) is 2. The molecule has 0 saturated carbocycles. The van der Waals surface area contributed by atoms with Gasteiger partial charge >= 0.3 is 0 Å². The number of amides is 2. The average molecular weight is 438 g/mol. The van der Waals surface area contributed by atoms with Crippen LogP contribution in [0.25, 0.3) is 0 Å². The van der Waals surface area contributed by atoms with Crippen molar-refractivity contribution in [1.82, 2.24) is 10.6 Å². The summed E-state index contributed by atoms with van der Waals surface area (Å²) in [6.07, 6.45) is 0. The highest BCUT2D eigenvalue weighted by atomic mass is 35.5. The Morgan fingerprint density at radius 2 is 1.79 bits per heavy atom. The molecule has 2 N–H and O–H groups in total. The first-order valence-corrected chi connectivity index (χ1v) is 10.3. The van der Waals surface area contributed by atoms with Crippen LogP contribution in [0.15, 0.2) is 24.3 Å². The highest BCUT2D eigenvalue weighted by molar-refractivity contribution is 7.12. The summed E-state index contributed by atoms with van der Waals surface area (Å²) in [7, 11) is 0. The molecule has 0 aliphatic heterocycles. The van der Waals surface area contributed by atoms with E-state index in [-0.39, 0.29) is 34.1 Å². The van der Waals surface area contributed by atoms with E-state index in [2.05, 4.69) is 10.6 Å². The van der Waals surface area contributed by atoms with Gasteiger partial charge in [-0.1, -0.05) is 25.4 Å². The standard InChI is InChI=1S/C20H24ClN3O4S/c1-10(2)18(20(26)22-12(4)16-8-11(3)29-13(16)5)23-19(25)15-7-6-14(24(27)28)9-17(15)21/h6-10,12,18H,1-5H3,(H,22,26)(H,23,25)/t12-,18-/m0/s1. The van der Waals surface area contributed by atoms with E-state index in [1.807, 2.05) is 40.7 Å². The maximum atomic E-state index is 12.8. The SMILES string of the molecule is Cc1cc([C@H](C)NC(=O)[C@@H](NC(=O)c2ccc([N+](=O)[O-])cc2Cl)C(C)C)c(C)s1. The van der Waals surface area contributed by atoms with Gasteiger partial charge in [0.05, 0.1) is 21.6 Å². The lowest BCUT2D eigenvalue weighted by Gasteiger charge is -2.24. The summed E-state index contributed by atoms with van der Waals surface area (Å²) >= 11 is 7.70. The fourth-order valence-corrected chi connectivity index (χ4v) is 4.30. The number of halogens is 1. The van der Waals surface area contributed by atoms with E-state index < -0.39 is 16.9 Å². The molecule has 2 aromatic rings. The number of rotatable bonds is 7. The van der Waals surface area contributed by atoms with Crippen molar-refractivity contribution < 1.29 is 14.5 Å². The highest BCUT2D eigenvalue weighted by Crippen LogP contribution is 2.26. The van der Waals surface area contributed by atoms with Gasteiger partial charge in [0.2, 0.25) is 5.91 Å². The molecular formula is C20H24ClN3O4S. The van der Waals surface area contributed by atoms with Gasteiger partial charge in [-0.3, -0.25) is 19.7 Å². The summed E-state index contributed by atoms with van der Waals surface area (Å²) in [5.41, 5.74) is 0.918. The number of carbonyl (C=O) groups excluding carboxylic acids is 2. The van der Waals surface area contributed by atoms with Gasteiger partial charge in [-0.25, -0.2) is 0 Å². The molecule has 0 aliphatic carbocycles. The lowest BCUT2D eigenvalue weighted by molar-refractivity contribution is -0.384. The lowest BCUT2D eigenvalue weighted by atomic mass is 10.0. The molecule has 1 aromatic heterocycles. The van der Waals surface area contributed by atoms with Gasteiger partial charge in [-0.05, 0) is 44.4 Å². The molecule has 0 fully saturated rings. The summed E-state index contributed by atoms with van der Waals surface area (Å²) in [6, 6.07) is 4.67. The first kappa shape index (κ1) is 22.8. The summed E-state index contributed by atoms with van der Waals surface area (Å²) in [5.74, 6) is -1.04. The van der Waals surface area contributed by atoms with Crippen LogP contribution in [0, 0.1) is 29.9 Å². The first-order chi connectivity index (χ1) is 13.5. The molecule has 0 unspecified atom stereocenters. The maximum Gasteiger partial charge on any atom is 0.270 e. The Morgan fingerprint density at radius 1 is 1.14 bits per heavy atom. The van der Waals surface area contributed by atoms with Crippen molar-refractivity contribution in [3.8, 4) is 0 Å². The Kier molecular flexibility index (Phi) is 7.37. The summed E-state index contributed by atoms with van der Waals surface area (Å²) in [6.45, 7) is 9.58. The Bertz CT molecular complexity index is 942. The molecule has 9 heteroatoms. The second kappa shape index (κ2) is 9.37. The number of nitrogens with zero attached hydrogens (tertiary/aromatic N) is 1. The number of nitro groups is 1. The zero-order valence-corrected chi connectivity index (χ0v) is 18.5. The number of carbonyl (C=O) groups is 2. The van der Waals surface area contributed by atoms with Crippen LogP contribution in [-0.4, -0.2) is 22.8 Å². The van der Waals surface area contributed by atoms with Crippen LogP contribution in [0.2, 0.25) is 5.02 Å². The van der Waals surface area contributed by atoms with Gasteiger partial charge in [0.15, 0.2) is 0 Å². The fraction of sp³-hybridized carbons (Fsp3) is 0.400. The normalized spacial score (nSPS) is 13.1. The molecule has 156 valence electrons. The highest BCUT2D eigenvalue weighted by Gasteiger charge is 2.27. The number of hydrogen-bond acceptors (Lipinski definition) is 5. The Labute approximate surface area is 178 Å². The third kappa shape index (κ3) is 5.55. The Hall–Kier alpha value is -2.45. The predicted molar refractivity (Wildman–Crippen MR) is 115 cm³/mol. The third-order valence-corrected chi connectivity index (χ3v) is 5.84. The van der Waals surface area contributed by atoms with Gasteiger partial charge in [-0.2, -0.15) is 0 Å². The van der Waals surface area contributed by atoms with E-state index in [0.29, 0.717) is 0 Å². The van der Waals surface area contributed by atoms with Crippen LogP contribution in [0.1, 0.15) is 52.5 Å². The van der Waals surface area contributed by atoms with Crippen LogP contribution >= 0.6 is 22.9 Å². The predicted octanol–water partition coefficient (Wildman–Crippen LogP) is 4.56. The van der Waals surface area contributed by atoms with E-state index in [1.165, 1.54) is 17.0 Å². The van der Waals surface area contributed by atoms with Crippen LogP contribution < -0.4 is 10.6 Å². The molecular weight excluding hydrogens is 414 g/mol. The molecule has 2 rings (SSSR count). The van der Waals surface area contributed by atoms with Crippen molar-refractivity contribution >= 4 is 40.4 Å². The third-order valence-electron chi connectivity index (χ3n) is 4.55. The van der Waals surface area contributed by atoms with Gasteiger partial charge < -0.3 is 10.6 Å². The van der Waals surface area contributed by atoms with E-state index in [9.17, 15) is 19.7 Å². The molecule has 0 saturated heterocycles. The molecule has 2 atom stereocenters. The van der Waals surface area contributed by atoms with E-state index in [4.69, 9.17) is 11.6 Å². The number of aryl methyl sites for hydroxylation is 2. The summed E-state index contributed by atoms with van der Waals surface area (Å²) in [4.78, 5) is 38.0. The average Bonchev–Trinajstić information content (AvgIpc) is 2.97. The number of thiophene rings is 1. The van der Waals surface area contributed by atoms with Gasteiger partial charge in [0, 0.05) is 21.9 Å². The largest absolute Gasteiger partial charge is 0.348 e. The van der Waals surface area contributed by atoms with Gasteiger partial charge in [0.1, 0.15) is 6.04 Å². The van der Waals surface area contributed by atoms with Crippen molar-refractivity contribution in [3.63, 3.8) is 0 Å².